The van der Waals surface area contributed by atoms with Crippen LogP contribution < -0.4 is 0 Å². The highest BCUT2D eigenvalue weighted by atomic mass is 16.7. The number of aliphatic hydroxyl groups excluding tert-OH is 7. The normalized spacial score (nSPS) is 24.8. The molecule has 0 aromatic carbocycles. The van der Waals surface area contributed by atoms with Crippen molar-refractivity contribution in [3.05, 3.63) is 72.9 Å². The quantitative estimate of drug-likeness (QED) is 0.0172. The smallest absolute Gasteiger partial charge is 0.306 e. The molecule has 2 rings (SSSR count). The Kier molecular flexibility index (Phi) is 45.1. The number of carbonyl (C=O) groups excluding carboxylic acids is 1. The van der Waals surface area contributed by atoms with Crippen molar-refractivity contribution in [3.63, 3.8) is 0 Å². The van der Waals surface area contributed by atoms with Gasteiger partial charge in [-0.1, -0.05) is 202 Å². The Balaban J connectivity index is 1.71. The van der Waals surface area contributed by atoms with Crippen LogP contribution in [-0.2, 0) is 33.2 Å². The fourth-order valence-corrected chi connectivity index (χ4v) is 9.31. The third-order valence-corrected chi connectivity index (χ3v) is 14.2. The number of aliphatic hydroxyl groups is 7. The van der Waals surface area contributed by atoms with Gasteiger partial charge in [-0.3, -0.25) is 4.79 Å². The maximum Gasteiger partial charge on any atom is 0.306 e. The van der Waals surface area contributed by atoms with Gasteiger partial charge in [-0.2, -0.15) is 0 Å². The molecule has 0 aromatic heterocycles. The third kappa shape index (κ3) is 35.7. The van der Waals surface area contributed by atoms with E-state index in [1.165, 1.54) is 109 Å². The topological polar surface area (TPSA) is 214 Å². The lowest BCUT2D eigenvalue weighted by molar-refractivity contribution is -0.332. The lowest BCUT2D eigenvalue weighted by Gasteiger charge is -2.42. The van der Waals surface area contributed by atoms with Gasteiger partial charge in [0.1, 0.15) is 54.9 Å². The molecule has 0 amide bonds. The molecule has 11 atom stereocenters. The zero-order valence-electron chi connectivity index (χ0n) is 47.9. The summed E-state index contributed by atoms with van der Waals surface area (Å²) < 4.78 is 34.4. The van der Waals surface area contributed by atoms with E-state index in [-0.39, 0.29) is 25.6 Å². The van der Waals surface area contributed by atoms with Crippen LogP contribution in [0.2, 0.25) is 0 Å². The second-order valence-corrected chi connectivity index (χ2v) is 21.1. The first-order chi connectivity index (χ1) is 37.6. The molecule has 14 nitrogen and oxygen atoms in total. The summed E-state index contributed by atoms with van der Waals surface area (Å²) in [5.41, 5.74) is 0. The summed E-state index contributed by atoms with van der Waals surface area (Å²) in [6, 6.07) is 0. The zero-order chi connectivity index (χ0) is 55.8. The Morgan fingerprint density at radius 2 is 0.844 bits per heavy atom. The zero-order valence-corrected chi connectivity index (χ0v) is 47.9. The average Bonchev–Trinajstić information content (AvgIpc) is 3.43. The Morgan fingerprint density at radius 1 is 0.442 bits per heavy atom. The number of carbonyl (C=O) groups is 1. The summed E-state index contributed by atoms with van der Waals surface area (Å²) in [6.45, 7) is 3.57. The molecule has 2 heterocycles. The van der Waals surface area contributed by atoms with Crippen LogP contribution in [-0.4, -0.2) is 142 Å². The Bertz CT molecular complexity index is 1550. The summed E-state index contributed by atoms with van der Waals surface area (Å²) in [6.07, 6.45) is 46.7. The van der Waals surface area contributed by atoms with Crippen LogP contribution >= 0.6 is 0 Å². The minimum atomic E-state index is -1.71. The molecule has 7 N–H and O–H groups in total. The number of allylic oxidation sites excluding steroid dienone is 12. The van der Waals surface area contributed by atoms with Crippen LogP contribution in [0.1, 0.15) is 219 Å². The third-order valence-electron chi connectivity index (χ3n) is 14.2. The molecule has 11 unspecified atom stereocenters. The van der Waals surface area contributed by atoms with Gasteiger partial charge in [-0.25, -0.2) is 0 Å². The van der Waals surface area contributed by atoms with Gasteiger partial charge in [0.25, 0.3) is 0 Å². The van der Waals surface area contributed by atoms with Crippen molar-refractivity contribution in [2.75, 3.05) is 33.0 Å². The number of esters is 1. The van der Waals surface area contributed by atoms with Crippen molar-refractivity contribution < 1.29 is 69.0 Å². The first-order valence-corrected chi connectivity index (χ1v) is 30.5. The van der Waals surface area contributed by atoms with E-state index in [0.717, 1.165) is 83.5 Å². The van der Waals surface area contributed by atoms with Crippen LogP contribution in [0.15, 0.2) is 72.9 Å². The second kappa shape index (κ2) is 49.3. The standard InChI is InChI=1S/C63H110O14/c1-3-5-7-9-11-13-15-17-19-21-23-25-26-27-28-30-32-34-36-38-40-42-44-46-55(65)75-52(49-72-47-45-43-41-39-37-35-33-31-29-24-22-20-18-16-14-12-10-8-6-4-2)50-73-62-61(71)59(69)57(67)54(77-62)51-74-63-60(70)58(68)56(66)53(48-64)76-63/h5,7,11,13,17-20,23,25,27-28,52-54,56-64,66-71H,3-4,6,8-10,12,14-16,21-22,24,26,29-51H2,1-2H3/b7-5-,13-11-,19-17-,20-18-,25-23-,28-27-. The van der Waals surface area contributed by atoms with Crippen LogP contribution in [0.5, 0.6) is 0 Å². The maximum absolute atomic E-state index is 13.1. The molecular formula is C63H110O14. The van der Waals surface area contributed by atoms with Gasteiger partial charge in [-0.15, -0.1) is 0 Å². The van der Waals surface area contributed by atoms with E-state index in [1.807, 2.05) is 0 Å². The van der Waals surface area contributed by atoms with E-state index >= 15 is 0 Å². The van der Waals surface area contributed by atoms with E-state index in [4.69, 9.17) is 28.4 Å². The number of hydrogen-bond donors (Lipinski definition) is 7. The molecule has 0 saturated carbocycles. The summed E-state index contributed by atoms with van der Waals surface area (Å²) in [5.74, 6) is -0.388. The fraction of sp³-hybridized carbons (Fsp3) is 0.794. The molecule has 2 saturated heterocycles. The first-order valence-electron chi connectivity index (χ1n) is 30.5. The van der Waals surface area contributed by atoms with Crippen molar-refractivity contribution in [1.82, 2.24) is 0 Å². The van der Waals surface area contributed by atoms with Gasteiger partial charge in [0.2, 0.25) is 0 Å². The van der Waals surface area contributed by atoms with Crippen molar-refractivity contribution in [1.29, 1.82) is 0 Å². The summed E-state index contributed by atoms with van der Waals surface area (Å²) in [5, 5.41) is 72.4. The van der Waals surface area contributed by atoms with E-state index in [1.54, 1.807) is 0 Å². The highest BCUT2D eigenvalue weighted by Crippen LogP contribution is 2.27. The Labute approximate surface area is 466 Å². The predicted molar refractivity (Wildman–Crippen MR) is 307 cm³/mol. The fourth-order valence-electron chi connectivity index (χ4n) is 9.31. The van der Waals surface area contributed by atoms with Crippen molar-refractivity contribution in [2.24, 2.45) is 0 Å². The lowest BCUT2D eigenvalue weighted by Crippen LogP contribution is -2.61. The highest BCUT2D eigenvalue weighted by molar-refractivity contribution is 5.69. The average molecular weight is 1090 g/mol. The molecule has 446 valence electrons. The number of hydrogen-bond acceptors (Lipinski definition) is 14. The van der Waals surface area contributed by atoms with E-state index in [2.05, 4.69) is 86.8 Å². The molecule has 0 radical (unpaired) electrons. The summed E-state index contributed by atoms with van der Waals surface area (Å²) >= 11 is 0. The molecule has 77 heavy (non-hydrogen) atoms. The predicted octanol–water partition coefficient (Wildman–Crippen LogP) is 11.4. The van der Waals surface area contributed by atoms with Gasteiger partial charge in [0, 0.05) is 13.0 Å². The van der Waals surface area contributed by atoms with Crippen molar-refractivity contribution in [3.8, 4) is 0 Å². The number of rotatable bonds is 49. The summed E-state index contributed by atoms with van der Waals surface area (Å²) in [7, 11) is 0. The largest absolute Gasteiger partial charge is 0.457 e. The van der Waals surface area contributed by atoms with E-state index in [9.17, 15) is 40.5 Å². The molecular weight excluding hydrogens is 981 g/mol. The van der Waals surface area contributed by atoms with Crippen LogP contribution in [0.4, 0.5) is 0 Å². The first kappa shape index (κ1) is 70.5. The maximum atomic E-state index is 13.1. The molecule has 0 bridgehead atoms. The van der Waals surface area contributed by atoms with E-state index < -0.39 is 80.7 Å². The molecule has 14 heteroatoms. The molecule has 0 spiro atoms. The van der Waals surface area contributed by atoms with E-state index in [0.29, 0.717) is 13.0 Å². The number of unbranched alkanes of at least 4 members (excludes halogenated alkanes) is 23. The van der Waals surface area contributed by atoms with Gasteiger partial charge in [-0.05, 0) is 83.5 Å². The molecule has 0 aromatic rings. The lowest BCUT2D eigenvalue weighted by atomic mass is 9.98. The SMILES string of the molecule is CC/C=C\C/C=C\C/C=C\C/C=C\C/C=C\CCCCCCCCCC(=O)OC(COCCCCCCCCCCCC/C=C\CCCCCCCC)COC1OC(COC2OC(CO)C(O)C(O)C2O)C(O)C(O)C1O. The van der Waals surface area contributed by atoms with Crippen molar-refractivity contribution in [2.45, 2.75) is 287 Å². The monoisotopic (exact) mass is 1090 g/mol. The van der Waals surface area contributed by atoms with Gasteiger partial charge in [0.05, 0.1) is 26.4 Å². The van der Waals surface area contributed by atoms with Gasteiger partial charge < -0.3 is 64.2 Å². The van der Waals surface area contributed by atoms with Crippen LogP contribution in [0, 0.1) is 0 Å². The Hall–Kier alpha value is -2.57. The molecule has 0 aliphatic carbocycles. The molecule has 2 aliphatic heterocycles. The van der Waals surface area contributed by atoms with Gasteiger partial charge >= 0.3 is 5.97 Å². The second-order valence-electron chi connectivity index (χ2n) is 21.1. The molecule has 2 fully saturated rings. The van der Waals surface area contributed by atoms with Crippen molar-refractivity contribution >= 4 is 5.97 Å². The minimum Gasteiger partial charge on any atom is -0.457 e. The Morgan fingerprint density at radius 3 is 1.34 bits per heavy atom. The number of ether oxygens (including phenoxy) is 6. The van der Waals surface area contributed by atoms with Crippen LogP contribution in [0.3, 0.4) is 0 Å². The minimum absolute atomic E-state index is 0.0535. The summed E-state index contributed by atoms with van der Waals surface area (Å²) in [4.78, 5) is 13.1. The highest BCUT2D eigenvalue weighted by Gasteiger charge is 2.47. The molecule has 2 aliphatic rings. The van der Waals surface area contributed by atoms with Gasteiger partial charge in [0.15, 0.2) is 12.6 Å². The van der Waals surface area contributed by atoms with Crippen LogP contribution in [0.25, 0.3) is 0 Å².